The predicted molar refractivity (Wildman–Crippen MR) is 84.2 cm³/mol. The van der Waals surface area contributed by atoms with Gasteiger partial charge in [0.2, 0.25) is 0 Å². The first kappa shape index (κ1) is 20.8. The molecule has 0 aliphatic rings. The van der Waals surface area contributed by atoms with Gasteiger partial charge in [-0.3, -0.25) is 9.59 Å². The van der Waals surface area contributed by atoms with E-state index >= 15 is 0 Å². The lowest BCUT2D eigenvalue weighted by molar-refractivity contribution is -0.147. The fourth-order valence-corrected chi connectivity index (χ4v) is 2.29. The zero-order chi connectivity index (χ0) is 17.2. The molecule has 0 rings (SSSR count). The Labute approximate surface area is 131 Å². The summed E-state index contributed by atoms with van der Waals surface area (Å²) in [6, 6.07) is 0. The summed E-state index contributed by atoms with van der Waals surface area (Å²) in [7, 11) is 0. The summed E-state index contributed by atoms with van der Waals surface area (Å²) in [5.41, 5.74) is 19.7. The van der Waals surface area contributed by atoms with E-state index in [0.717, 1.165) is 0 Å². The molecule has 0 spiro atoms. The van der Waals surface area contributed by atoms with Crippen LogP contribution in [-0.2, 0) is 9.59 Å². The fourth-order valence-electron chi connectivity index (χ4n) is 2.29. The van der Waals surface area contributed by atoms with Crippen molar-refractivity contribution in [1.82, 2.24) is 0 Å². The number of hydrogen-bond acceptors (Lipinski definition) is 6. The van der Waals surface area contributed by atoms with Crippen LogP contribution in [0.25, 0.3) is 0 Å². The largest absolute Gasteiger partial charge is 0.480 e. The average Bonchev–Trinajstić information content (AvgIpc) is 2.45. The summed E-state index contributed by atoms with van der Waals surface area (Å²) in [6.07, 6.45) is 3.03. The van der Waals surface area contributed by atoms with Crippen LogP contribution < -0.4 is 22.9 Å². The molecule has 0 heterocycles. The third-order valence-electron chi connectivity index (χ3n) is 4.02. The Hall–Kier alpha value is -1.22. The molecular formula is C14H30N4O4. The van der Waals surface area contributed by atoms with E-state index in [1.807, 2.05) is 0 Å². The Kier molecular flexibility index (Phi) is 9.19. The number of carboxylic acid groups (broad SMARTS) is 2. The number of carbonyl (C=O) groups is 2. The van der Waals surface area contributed by atoms with Crippen LogP contribution in [0.3, 0.4) is 0 Å². The number of nitrogens with two attached hydrogens (primary N) is 4. The lowest BCUT2D eigenvalue weighted by Crippen LogP contribution is -2.53. The van der Waals surface area contributed by atoms with Crippen molar-refractivity contribution in [3.63, 3.8) is 0 Å². The first-order chi connectivity index (χ1) is 10.2. The summed E-state index contributed by atoms with van der Waals surface area (Å²) in [5.74, 6) is -2.28. The highest BCUT2D eigenvalue weighted by Gasteiger charge is 2.39. The van der Waals surface area contributed by atoms with Crippen molar-refractivity contribution < 1.29 is 19.8 Å². The molecule has 22 heavy (non-hydrogen) atoms. The van der Waals surface area contributed by atoms with Gasteiger partial charge in [0.15, 0.2) is 0 Å². The standard InChI is InChI=1S/C14H30N4O4/c15-9-3-1-5-13(17,11(19)20)7-8-14(18,12(21)22)6-2-4-10-16/h1-10,15-18H2,(H,19,20)(H,21,22)/t13-,14-/m1/s1. The van der Waals surface area contributed by atoms with Gasteiger partial charge in [-0.15, -0.1) is 0 Å². The van der Waals surface area contributed by atoms with Crippen LogP contribution >= 0.6 is 0 Å². The molecular weight excluding hydrogens is 288 g/mol. The summed E-state index contributed by atoms with van der Waals surface area (Å²) < 4.78 is 0. The van der Waals surface area contributed by atoms with Crippen LogP contribution in [0, 0.1) is 0 Å². The fraction of sp³-hybridized carbons (Fsp3) is 0.857. The van der Waals surface area contributed by atoms with Crippen LogP contribution in [0.4, 0.5) is 0 Å². The van der Waals surface area contributed by atoms with Crippen molar-refractivity contribution in [3.05, 3.63) is 0 Å². The van der Waals surface area contributed by atoms with Crippen molar-refractivity contribution >= 4 is 11.9 Å². The Morgan fingerprint density at radius 3 is 1.23 bits per heavy atom. The molecule has 0 unspecified atom stereocenters. The lowest BCUT2D eigenvalue weighted by Gasteiger charge is -2.30. The number of aliphatic carboxylic acids is 2. The van der Waals surface area contributed by atoms with Gasteiger partial charge >= 0.3 is 11.9 Å². The second-order valence-corrected chi connectivity index (χ2v) is 5.91. The maximum Gasteiger partial charge on any atom is 0.323 e. The topological polar surface area (TPSA) is 179 Å². The van der Waals surface area contributed by atoms with E-state index in [0.29, 0.717) is 38.8 Å². The summed E-state index contributed by atoms with van der Waals surface area (Å²) in [5, 5.41) is 18.6. The normalized spacial score (nSPS) is 16.7. The van der Waals surface area contributed by atoms with Gasteiger partial charge in [0.1, 0.15) is 11.1 Å². The molecule has 130 valence electrons. The predicted octanol–water partition coefficient (Wildman–Crippen LogP) is -0.411. The van der Waals surface area contributed by atoms with E-state index in [4.69, 9.17) is 22.9 Å². The molecule has 0 radical (unpaired) electrons. The summed E-state index contributed by atoms with van der Waals surface area (Å²) in [6.45, 7) is 0.926. The number of rotatable bonds is 13. The molecule has 0 aliphatic heterocycles. The van der Waals surface area contributed by atoms with Crippen molar-refractivity contribution in [1.29, 1.82) is 0 Å². The Morgan fingerprint density at radius 1 is 0.682 bits per heavy atom. The van der Waals surface area contributed by atoms with E-state index < -0.39 is 23.0 Å². The number of hydrogen-bond donors (Lipinski definition) is 6. The number of carboxylic acids is 2. The summed E-state index contributed by atoms with van der Waals surface area (Å²) >= 11 is 0. The van der Waals surface area contributed by atoms with Crippen LogP contribution in [0.1, 0.15) is 51.4 Å². The molecule has 0 saturated heterocycles. The molecule has 0 amide bonds. The minimum atomic E-state index is -1.47. The van der Waals surface area contributed by atoms with Gasteiger partial charge in [-0.2, -0.15) is 0 Å². The van der Waals surface area contributed by atoms with Crippen molar-refractivity contribution in [2.45, 2.75) is 62.4 Å². The van der Waals surface area contributed by atoms with Gasteiger partial charge < -0.3 is 33.1 Å². The highest BCUT2D eigenvalue weighted by atomic mass is 16.4. The van der Waals surface area contributed by atoms with E-state index in [1.165, 1.54) is 0 Å². The third kappa shape index (κ3) is 6.69. The quantitative estimate of drug-likeness (QED) is 0.248. The van der Waals surface area contributed by atoms with Crippen LogP contribution in [0.15, 0.2) is 0 Å². The first-order valence-corrected chi connectivity index (χ1v) is 7.66. The molecule has 8 heteroatoms. The average molecular weight is 318 g/mol. The Morgan fingerprint density at radius 2 is 1.00 bits per heavy atom. The molecule has 10 N–H and O–H groups in total. The Balaban J connectivity index is 4.75. The molecule has 0 fully saturated rings. The molecule has 0 saturated carbocycles. The maximum atomic E-state index is 11.4. The Bertz CT molecular complexity index is 333. The zero-order valence-electron chi connectivity index (χ0n) is 13.1. The first-order valence-electron chi connectivity index (χ1n) is 7.66. The van der Waals surface area contributed by atoms with Crippen LogP contribution in [-0.4, -0.2) is 46.3 Å². The van der Waals surface area contributed by atoms with Gasteiger partial charge in [-0.1, -0.05) is 0 Å². The third-order valence-corrected chi connectivity index (χ3v) is 4.02. The van der Waals surface area contributed by atoms with Crippen molar-refractivity contribution in [2.24, 2.45) is 22.9 Å². The minimum absolute atomic E-state index is 0.0122. The second-order valence-electron chi connectivity index (χ2n) is 5.91. The smallest absolute Gasteiger partial charge is 0.323 e. The molecule has 0 aromatic heterocycles. The lowest BCUT2D eigenvalue weighted by atomic mass is 9.81. The monoisotopic (exact) mass is 318 g/mol. The van der Waals surface area contributed by atoms with E-state index in [9.17, 15) is 19.8 Å². The van der Waals surface area contributed by atoms with Gasteiger partial charge in [0, 0.05) is 0 Å². The molecule has 0 aromatic carbocycles. The SMILES string of the molecule is NCCCC[C@@](N)(CC[C@](N)(CCCCN)C(=O)O)C(=O)O. The second kappa shape index (κ2) is 9.73. The molecule has 8 nitrogen and oxygen atoms in total. The molecule has 2 atom stereocenters. The van der Waals surface area contributed by atoms with Crippen LogP contribution in [0.2, 0.25) is 0 Å². The minimum Gasteiger partial charge on any atom is -0.480 e. The maximum absolute atomic E-state index is 11.4. The van der Waals surface area contributed by atoms with E-state index in [-0.39, 0.29) is 25.7 Å². The highest BCUT2D eigenvalue weighted by molar-refractivity contribution is 5.80. The van der Waals surface area contributed by atoms with E-state index in [2.05, 4.69) is 0 Å². The van der Waals surface area contributed by atoms with Gasteiger partial charge in [-0.05, 0) is 64.5 Å². The molecule has 0 aromatic rings. The number of unbranched alkanes of at least 4 members (excludes halogenated alkanes) is 2. The van der Waals surface area contributed by atoms with Gasteiger partial charge in [-0.25, -0.2) is 0 Å². The van der Waals surface area contributed by atoms with E-state index in [1.54, 1.807) is 0 Å². The van der Waals surface area contributed by atoms with Crippen molar-refractivity contribution in [3.8, 4) is 0 Å². The highest BCUT2D eigenvalue weighted by Crippen LogP contribution is 2.25. The van der Waals surface area contributed by atoms with Gasteiger partial charge in [0.25, 0.3) is 0 Å². The molecule has 0 bridgehead atoms. The van der Waals surface area contributed by atoms with Crippen molar-refractivity contribution in [2.75, 3.05) is 13.1 Å². The zero-order valence-corrected chi connectivity index (χ0v) is 13.1. The van der Waals surface area contributed by atoms with Crippen LogP contribution in [0.5, 0.6) is 0 Å². The molecule has 0 aliphatic carbocycles. The van der Waals surface area contributed by atoms with Gasteiger partial charge in [0.05, 0.1) is 0 Å². The summed E-state index contributed by atoms with van der Waals surface area (Å²) in [4.78, 5) is 22.8.